The Morgan fingerprint density at radius 1 is 1.33 bits per heavy atom. The number of hydrogen-bond donors (Lipinski definition) is 1. The lowest BCUT2D eigenvalue weighted by atomic mass is 9.93. The number of sulfone groups is 1. The molecule has 3 unspecified atom stereocenters. The van der Waals surface area contributed by atoms with Gasteiger partial charge in [0.2, 0.25) is 0 Å². The first-order valence-corrected chi connectivity index (χ1v) is 9.44. The first kappa shape index (κ1) is 16.4. The molecule has 1 saturated carbocycles. The van der Waals surface area contributed by atoms with Gasteiger partial charge in [0, 0.05) is 18.3 Å². The Hall–Kier alpha value is -0.940. The van der Waals surface area contributed by atoms with E-state index in [-0.39, 0.29) is 23.2 Å². The van der Waals surface area contributed by atoms with Crippen molar-refractivity contribution >= 4 is 9.84 Å². The zero-order valence-corrected chi connectivity index (χ0v) is 13.7. The molecule has 21 heavy (non-hydrogen) atoms. The third-order valence-corrected chi connectivity index (χ3v) is 6.05. The molecule has 2 rings (SSSR count). The van der Waals surface area contributed by atoms with Crippen LogP contribution >= 0.6 is 0 Å². The summed E-state index contributed by atoms with van der Waals surface area (Å²) in [5.41, 5.74) is 1.54. The van der Waals surface area contributed by atoms with Gasteiger partial charge in [-0.3, -0.25) is 0 Å². The molecule has 1 aromatic rings. The zero-order valence-electron chi connectivity index (χ0n) is 12.9. The van der Waals surface area contributed by atoms with Gasteiger partial charge in [-0.25, -0.2) is 12.8 Å². The lowest BCUT2D eigenvalue weighted by Gasteiger charge is -2.31. The van der Waals surface area contributed by atoms with Gasteiger partial charge in [0.25, 0.3) is 0 Å². The Labute approximate surface area is 126 Å². The lowest BCUT2D eigenvalue weighted by Crippen LogP contribution is -2.39. The van der Waals surface area contributed by atoms with Crippen molar-refractivity contribution in [1.82, 2.24) is 5.32 Å². The smallest absolute Gasteiger partial charge is 0.150 e. The van der Waals surface area contributed by atoms with Crippen LogP contribution in [-0.4, -0.2) is 26.0 Å². The molecule has 1 aliphatic carbocycles. The van der Waals surface area contributed by atoms with Gasteiger partial charge >= 0.3 is 0 Å². The highest BCUT2D eigenvalue weighted by Crippen LogP contribution is 2.26. The number of halogens is 1. The third kappa shape index (κ3) is 4.27. The van der Waals surface area contributed by atoms with E-state index in [9.17, 15) is 12.8 Å². The van der Waals surface area contributed by atoms with Crippen LogP contribution in [-0.2, 0) is 9.84 Å². The normalized spacial score (nSPS) is 24.8. The van der Waals surface area contributed by atoms with Crippen molar-refractivity contribution in [2.75, 3.05) is 6.26 Å². The molecule has 0 aliphatic heterocycles. The molecule has 1 fully saturated rings. The molecule has 0 bridgehead atoms. The Bertz CT molecular complexity index is 600. The molecule has 1 aliphatic rings. The lowest BCUT2D eigenvalue weighted by molar-refractivity contribution is 0.346. The van der Waals surface area contributed by atoms with E-state index >= 15 is 0 Å². The van der Waals surface area contributed by atoms with Crippen LogP contribution in [0.15, 0.2) is 18.2 Å². The molecule has 1 aromatic carbocycles. The fraction of sp³-hybridized carbons (Fsp3) is 0.625. The van der Waals surface area contributed by atoms with Crippen LogP contribution in [0.25, 0.3) is 0 Å². The second kappa shape index (κ2) is 6.44. The van der Waals surface area contributed by atoms with Crippen LogP contribution in [0.3, 0.4) is 0 Å². The van der Waals surface area contributed by atoms with Crippen LogP contribution in [0, 0.1) is 12.7 Å². The minimum absolute atomic E-state index is 0.0170. The number of benzene rings is 1. The quantitative estimate of drug-likeness (QED) is 0.929. The maximum absolute atomic E-state index is 13.6. The number of hydrogen-bond acceptors (Lipinski definition) is 3. The van der Waals surface area contributed by atoms with E-state index in [1.165, 1.54) is 6.26 Å². The summed E-state index contributed by atoms with van der Waals surface area (Å²) in [6.07, 6.45) is 4.62. The van der Waals surface area contributed by atoms with E-state index in [1.807, 2.05) is 13.0 Å². The molecule has 0 aromatic heterocycles. The average molecular weight is 313 g/mol. The van der Waals surface area contributed by atoms with Crippen molar-refractivity contribution in [2.45, 2.75) is 56.9 Å². The van der Waals surface area contributed by atoms with Gasteiger partial charge in [0.1, 0.15) is 15.7 Å². The van der Waals surface area contributed by atoms with Crippen molar-refractivity contribution in [3.63, 3.8) is 0 Å². The zero-order chi connectivity index (χ0) is 15.6. The summed E-state index contributed by atoms with van der Waals surface area (Å²) in [5.74, 6) is -0.196. The van der Waals surface area contributed by atoms with Crippen molar-refractivity contribution in [3.05, 3.63) is 35.1 Å². The molecule has 1 N–H and O–H groups in total. The van der Waals surface area contributed by atoms with Gasteiger partial charge in [0.15, 0.2) is 0 Å². The summed E-state index contributed by atoms with van der Waals surface area (Å²) in [5, 5.41) is 3.21. The van der Waals surface area contributed by atoms with Crippen LogP contribution < -0.4 is 5.32 Å². The van der Waals surface area contributed by atoms with Gasteiger partial charge in [-0.1, -0.05) is 18.6 Å². The molecule has 0 saturated heterocycles. The van der Waals surface area contributed by atoms with E-state index in [2.05, 4.69) is 5.32 Å². The average Bonchev–Trinajstić information content (AvgIpc) is 2.41. The monoisotopic (exact) mass is 313 g/mol. The summed E-state index contributed by atoms with van der Waals surface area (Å²) in [6, 6.07) is 5.46. The fourth-order valence-electron chi connectivity index (χ4n) is 3.01. The molecule has 118 valence electrons. The molecule has 3 nitrogen and oxygen atoms in total. The van der Waals surface area contributed by atoms with Gasteiger partial charge in [0.05, 0.1) is 5.25 Å². The van der Waals surface area contributed by atoms with Gasteiger partial charge in [-0.05, 0) is 50.3 Å². The largest absolute Gasteiger partial charge is 0.307 e. The maximum Gasteiger partial charge on any atom is 0.150 e. The Balaban J connectivity index is 2.02. The van der Waals surface area contributed by atoms with E-state index in [0.717, 1.165) is 24.8 Å². The van der Waals surface area contributed by atoms with Crippen LogP contribution in [0.1, 0.15) is 49.8 Å². The van der Waals surface area contributed by atoms with Crippen LogP contribution in [0.2, 0.25) is 0 Å². The summed E-state index contributed by atoms with van der Waals surface area (Å²) >= 11 is 0. The standard InChI is InChI=1S/C16H24FNO2S/c1-11-7-8-13(9-16(11)17)12(2)18-14-5-4-6-15(10-14)21(3,19)20/h7-9,12,14-15,18H,4-6,10H2,1-3H3. The van der Waals surface area contributed by atoms with Gasteiger partial charge < -0.3 is 5.32 Å². The predicted molar refractivity (Wildman–Crippen MR) is 83.6 cm³/mol. The van der Waals surface area contributed by atoms with Crippen molar-refractivity contribution < 1.29 is 12.8 Å². The highest BCUT2D eigenvalue weighted by molar-refractivity contribution is 7.91. The second-order valence-electron chi connectivity index (χ2n) is 6.21. The summed E-state index contributed by atoms with van der Waals surface area (Å²) in [4.78, 5) is 0. The summed E-state index contributed by atoms with van der Waals surface area (Å²) < 4.78 is 37.0. The third-order valence-electron chi connectivity index (χ3n) is 4.41. The topological polar surface area (TPSA) is 46.2 Å². The minimum Gasteiger partial charge on any atom is -0.307 e. The molecule has 3 atom stereocenters. The van der Waals surface area contributed by atoms with E-state index in [0.29, 0.717) is 12.0 Å². The number of aryl methyl sites for hydroxylation is 1. The molecule has 0 amide bonds. The van der Waals surface area contributed by atoms with Crippen molar-refractivity contribution in [2.24, 2.45) is 0 Å². The Kier molecular flexibility index (Phi) is 5.04. The predicted octanol–water partition coefficient (Wildman–Crippen LogP) is 3.14. The molecule has 0 heterocycles. The summed E-state index contributed by atoms with van der Waals surface area (Å²) in [7, 11) is -2.97. The van der Waals surface area contributed by atoms with Crippen molar-refractivity contribution in [1.29, 1.82) is 0 Å². The highest BCUT2D eigenvalue weighted by atomic mass is 32.2. The SMILES string of the molecule is Cc1ccc(C(C)NC2CCCC(S(C)(=O)=O)C2)cc1F. The Morgan fingerprint density at radius 2 is 2.05 bits per heavy atom. The van der Waals surface area contributed by atoms with Crippen LogP contribution in [0.5, 0.6) is 0 Å². The molecule has 0 radical (unpaired) electrons. The second-order valence-corrected chi connectivity index (χ2v) is 8.54. The van der Waals surface area contributed by atoms with Gasteiger partial charge in [-0.2, -0.15) is 0 Å². The molecule has 5 heteroatoms. The van der Waals surface area contributed by atoms with E-state index in [1.54, 1.807) is 19.1 Å². The number of nitrogens with one attached hydrogen (secondary N) is 1. The molecule has 0 spiro atoms. The fourth-order valence-corrected chi connectivity index (χ4v) is 4.19. The summed E-state index contributed by atoms with van der Waals surface area (Å²) in [6.45, 7) is 3.74. The Morgan fingerprint density at radius 3 is 2.67 bits per heavy atom. The van der Waals surface area contributed by atoms with Gasteiger partial charge in [-0.15, -0.1) is 0 Å². The first-order chi connectivity index (χ1) is 9.77. The minimum atomic E-state index is -2.97. The van der Waals surface area contributed by atoms with Crippen LogP contribution in [0.4, 0.5) is 4.39 Å². The van der Waals surface area contributed by atoms with E-state index in [4.69, 9.17) is 0 Å². The maximum atomic E-state index is 13.6. The number of rotatable bonds is 4. The van der Waals surface area contributed by atoms with Crippen molar-refractivity contribution in [3.8, 4) is 0 Å². The van der Waals surface area contributed by atoms with E-state index < -0.39 is 9.84 Å². The molecular weight excluding hydrogens is 289 g/mol. The first-order valence-electron chi connectivity index (χ1n) is 7.48. The molecular formula is C16H24FNO2S. The highest BCUT2D eigenvalue weighted by Gasteiger charge is 2.29.